The fraction of sp³-hybridized carbons (Fsp3) is 0.538. The van der Waals surface area contributed by atoms with Gasteiger partial charge in [0, 0.05) is 6.04 Å². The first-order valence-electron chi connectivity index (χ1n) is 5.90. The summed E-state index contributed by atoms with van der Waals surface area (Å²) < 4.78 is 12.9. The van der Waals surface area contributed by atoms with Crippen LogP contribution in [0.15, 0.2) is 24.3 Å². The lowest BCUT2D eigenvalue weighted by molar-refractivity contribution is 0.486. The summed E-state index contributed by atoms with van der Waals surface area (Å²) in [5, 5.41) is 3.55. The van der Waals surface area contributed by atoms with Crippen LogP contribution in [0, 0.1) is 5.82 Å². The molecule has 0 aliphatic carbocycles. The van der Waals surface area contributed by atoms with Crippen molar-refractivity contribution in [3.05, 3.63) is 35.6 Å². The first-order chi connectivity index (χ1) is 7.84. The molecule has 0 radical (unpaired) electrons. The molecule has 1 aliphatic heterocycles. The topological polar surface area (TPSA) is 12.0 Å². The Kier molecular flexibility index (Phi) is 4.67. The van der Waals surface area contributed by atoms with Gasteiger partial charge in [0.25, 0.3) is 0 Å². The zero-order chi connectivity index (χ0) is 11.2. The molecular weight excluding hydrogens is 221 g/mol. The smallest absolute Gasteiger partial charge is 0.123 e. The fourth-order valence-corrected chi connectivity index (χ4v) is 3.12. The van der Waals surface area contributed by atoms with Gasteiger partial charge in [-0.05, 0) is 55.0 Å². The van der Waals surface area contributed by atoms with Crippen molar-refractivity contribution in [3.63, 3.8) is 0 Å². The second kappa shape index (κ2) is 6.26. The second-order valence-corrected chi connectivity index (χ2v) is 5.45. The minimum absolute atomic E-state index is 0.133. The summed E-state index contributed by atoms with van der Waals surface area (Å²) in [5.41, 5.74) is 1.08. The Balaban J connectivity index is 1.71. The highest BCUT2D eigenvalue weighted by atomic mass is 32.2. The van der Waals surface area contributed by atoms with Crippen molar-refractivity contribution in [2.45, 2.75) is 25.3 Å². The highest BCUT2D eigenvalue weighted by molar-refractivity contribution is 7.99. The Hall–Kier alpha value is -0.540. The van der Waals surface area contributed by atoms with Crippen LogP contribution in [0.25, 0.3) is 0 Å². The van der Waals surface area contributed by atoms with Crippen LogP contribution in [0.4, 0.5) is 4.39 Å². The average Bonchev–Trinajstić information content (AvgIpc) is 2.30. The molecule has 0 amide bonds. The van der Waals surface area contributed by atoms with Crippen LogP contribution < -0.4 is 5.32 Å². The maximum Gasteiger partial charge on any atom is 0.123 e. The molecule has 1 aromatic carbocycles. The maximum atomic E-state index is 12.9. The molecule has 16 heavy (non-hydrogen) atoms. The molecule has 2 rings (SSSR count). The van der Waals surface area contributed by atoms with E-state index in [-0.39, 0.29) is 5.82 Å². The van der Waals surface area contributed by atoms with E-state index in [9.17, 15) is 4.39 Å². The van der Waals surface area contributed by atoms with E-state index in [1.54, 1.807) is 12.1 Å². The highest BCUT2D eigenvalue weighted by Gasteiger charge is 2.12. The van der Waals surface area contributed by atoms with Crippen LogP contribution in [0.5, 0.6) is 0 Å². The average molecular weight is 239 g/mol. The summed E-state index contributed by atoms with van der Waals surface area (Å²) in [6.45, 7) is 0.957. The van der Waals surface area contributed by atoms with E-state index in [0.29, 0.717) is 6.04 Å². The molecule has 0 atom stereocenters. The Morgan fingerprint density at radius 3 is 2.88 bits per heavy atom. The van der Waals surface area contributed by atoms with Gasteiger partial charge in [0.15, 0.2) is 0 Å². The molecule has 0 bridgehead atoms. The lowest BCUT2D eigenvalue weighted by Crippen LogP contribution is -2.33. The maximum absolute atomic E-state index is 12.9. The summed E-state index contributed by atoms with van der Waals surface area (Å²) in [5.74, 6) is 2.42. The van der Waals surface area contributed by atoms with Crippen molar-refractivity contribution in [1.29, 1.82) is 0 Å². The van der Waals surface area contributed by atoms with Gasteiger partial charge in [-0.3, -0.25) is 0 Å². The Morgan fingerprint density at radius 1 is 1.31 bits per heavy atom. The first kappa shape index (κ1) is 11.9. The van der Waals surface area contributed by atoms with Gasteiger partial charge in [0.05, 0.1) is 0 Å². The van der Waals surface area contributed by atoms with Gasteiger partial charge in [0.1, 0.15) is 5.82 Å². The van der Waals surface area contributed by atoms with Crippen molar-refractivity contribution >= 4 is 11.8 Å². The minimum atomic E-state index is -0.133. The molecule has 1 aliphatic rings. The molecule has 0 spiro atoms. The van der Waals surface area contributed by atoms with Gasteiger partial charge >= 0.3 is 0 Å². The third-order valence-electron chi connectivity index (χ3n) is 2.96. The first-order valence-corrected chi connectivity index (χ1v) is 7.05. The quantitative estimate of drug-likeness (QED) is 0.867. The molecular formula is C13H18FNS. The zero-order valence-corrected chi connectivity index (χ0v) is 10.2. The number of thioether (sulfide) groups is 1. The monoisotopic (exact) mass is 239 g/mol. The number of rotatable bonds is 4. The molecule has 1 heterocycles. The van der Waals surface area contributed by atoms with Crippen LogP contribution in [-0.2, 0) is 6.42 Å². The summed E-state index contributed by atoms with van der Waals surface area (Å²) in [6, 6.07) is 7.56. The molecule has 0 unspecified atom stereocenters. The number of benzene rings is 1. The number of hydrogen-bond acceptors (Lipinski definition) is 2. The zero-order valence-electron chi connectivity index (χ0n) is 9.42. The van der Waals surface area contributed by atoms with Crippen molar-refractivity contribution in [2.24, 2.45) is 0 Å². The van der Waals surface area contributed by atoms with Crippen LogP contribution >= 0.6 is 11.8 Å². The molecule has 88 valence electrons. The van der Waals surface area contributed by atoms with E-state index < -0.39 is 0 Å². The number of halogens is 1. The van der Waals surface area contributed by atoms with E-state index >= 15 is 0 Å². The van der Waals surface area contributed by atoms with Gasteiger partial charge in [-0.1, -0.05) is 12.1 Å². The molecule has 1 N–H and O–H groups in total. The predicted octanol–water partition coefficient (Wildman–Crippen LogP) is 2.85. The van der Waals surface area contributed by atoms with Gasteiger partial charge in [-0.2, -0.15) is 11.8 Å². The molecule has 3 heteroatoms. The lowest BCUT2D eigenvalue weighted by Gasteiger charge is -2.22. The van der Waals surface area contributed by atoms with Gasteiger partial charge < -0.3 is 5.32 Å². The summed E-state index contributed by atoms with van der Waals surface area (Å²) in [6.07, 6.45) is 3.46. The predicted molar refractivity (Wildman–Crippen MR) is 68.5 cm³/mol. The summed E-state index contributed by atoms with van der Waals surface area (Å²) in [4.78, 5) is 0. The van der Waals surface area contributed by atoms with Crippen molar-refractivity contribution in [3.8, 4) is 0 Å². The third kappa shape index (κ3) is 3.80. The van der Waals surface area contributed by atoms with Crippen LogP contribution in [0.3, 0.4) is 0 Å². The van der Waals surface area contributed by atoms with Crippen LogP contribution in [0.2, 0.25) is 0 Å². The standard InChI is InChI=1S/C13H18FNS/c14-12-3-1-2-11(10-12)4-7-15-13-5-8-16-9-6-13/h1-3,10,13,15H,4-9H2. The van der Waals surface area contributed by atoms with Crippen molar-refractivity contribution in [1.82, 2.24) is 5.32 Å². The van der Waals surface area contributed by atoms with Crippen molar-refractivity contribution in [2.75, 3.05) is 18.1 Å². The van der Waals surface area contributed by atoms with Crippen molar-refractivity contribution < 1.29 is 4.39 Å². The van der Waals surface area contributed by atoms with E-state index in [4.69, 9.17) is 0 Å². The van der Waals surface area contributed by atoms with Crippen LogP contribution in [-0.4, -0.2) is 24.1 Å². The normalized spacial score (nSPS) is 17.6. The molecule has 1 fully saturated rings. The Labute approximate surface area is 101 Å². The van der Waals surface area contributed by atoms with Crippen LogP contribution in [0.1, 0.15) is 18.4 Å². The van der Waals surface area contributed by atoms with E-state index in [2.05, 4.69) is 5.32 Å². The highest BCUT2D eigenvalue weighted by Crippen LogP contribution is 2.16. The Bertz CT molecular complexity index is 323. The second-order valence-electron chi connectivity index (χ2n) is 4.22. The largest absolute Gasteiger partial charge is 0.314 e. The fourth-order valence-electron chi connectivity index (χ4n) is 2.01. The molecule has 0 saturated carbocycles. The minimum Gasteiger partial charge on any atom is -0.314 e. The Morgan fingerprint density at radius 2 is 2.12 bits per heavy atom. The SMILES string of the molecule is Fc1cccc(CCNC2CCSCC2)c1. The molecule has 0 aromatic heterocycles. The summed E-state index contributed by atoms with van der Waals surface area (Å²) >= 11 is 2.04. The third-order valence-corrected chi connectivity index (χ3v) is 4.01. The van der Waals surface area contributed by atoms with E-state index in [1.807, 2.05) is 17.8 Å². The van der Waals surface area contributed by atoms with Gasteiger partial charge in [0.2, 0.25) is 0 Å². The van der Waals surface area contributed by atoms with Gasteiger partial charge in [-0.15, -0.1) is 0 Å². The molecule has 1 nitrogen and oxygen atoms in total. The number of nitrogens with one attached hydrogen (secondary N) is 1. The summed E-state index contributed by atoms with van der Waals surface area (Å²) in [7, 11) is 0. The van der Waals surface area contributed by atoms with E-state index in [0.717, 1.165) is 18.5 Å². The molecule has 1 saturated heterocycles. The van der Waals surface area contributed by atoms with Gasteiger partial charge in [-0.25, -0.2) is 4.39 Å². The number of hydrogen-bond donors (Lipinski definition) is 1. The lowest BCUT2D eigenvalue weighted by atomic mass is 10.1. The molecule has 1 aromatic rings. The van der Waals surface area contributed by atoms with E-state index in [1.165, 1.54) is 30.4 Å².